The van der Waals surface area contributed by atoms with Crippen molar-refractivity contribution in [1.29, 1.82) is 0 Å². The Hall–Kier alpha value is -0.570. The van der Waals surface area contributed by atoms with E-state index >= 15 is 0 Å². The lowest BCUT2D eigenvalue weighted by Gasteiger charge is -2.03. The van der Waals surface area contributed by atoms with Gasteiger partial charge in [-0.05, 0) is 19.8 Å². The minimum absolute atomic E-state index is 0.0594. The number of hydrogen-bond donors (Lipinski definition) is 0. The van der Waals surface area contributed by atoms with E-state index in [-0.39, 0.29) is 12.6 Å². The Morgan fingerprint density at radius 3 is 1.67 bits per heavy atom. The van der Waals surface area contributed by atoms with Crippen molar-refractivity contribution < 1.29 is 14.6 Å². The molecule has 0 unspecified atom stereocenters. The zero-order valence-corrected chi connectivity index (χ0v) is 11.9. The predicted octanol–water partition coefficient (Wildman–Crippen LogP) is 4.27. The lowest BCUT2D eigenvalue weighted by Crippen LogP contribution is -2.03. The van der Waals surface area contributed by atoms with Gasteiger partial charge in [-0.2, -0.15) is 0 Å². The lowest BCUT2D eigenvalue weighted by molar-refractivity contribution is -0.143. The first kappa shape index (κ1) is 17.4. The molecule has 0 aromatic heterocycles. The Bertz CT molecular complexity index is 181. The fraction of sp³-hybridized carbons (Fsp3) is 0.933. The van der Waals surface area contributed by atoms with Crippen LogP contribution >= 0.6 is 0 Å². The van der Waals surface area contributed by atoms with Crippen LogP contribution in [0.15, 0.2) is 0 Å². The normalized spacial score (nSPS) is 10.6. The molecule has 0 atom stereocenters. The summed E-state index contributed by atoms with van der Waals surface area (Å²) in [4.78, 5) is 11.1. The molecule has 0 aliphatic heterocycles. The third-order valence-electron chi connectivity index (χ3n) is 3.08. The molecule has 3 heteroatoms. The van der Waals surface area contributed by atoms with Gasteiger partial charge in [-0.3, -0.25) is 4.79 Å². The molecule has 0 saturated carbocycles. The molecular formula is C15H29O3. The van der Waals surface area contributed by atoms with Gasteiger partial charge in [-0.1, -0.05) is 51.4 Å². The molecule has 0 fully saturated rings. The number of rotatable bonds is 13. The van der Waals surface area contributed by atoms with Gasteiger partial charge >= 0.3 is 5.97 Å². The zero-order chi connectivity index (χ0) is 13.5. The molecule has 0 heterocycles. The average molecular weight is 257 g/mol. The minimum Gasteiger partial charge on any atom is -0.466 e. The molecule has 0 saturated heterocycles. The van der Waals surface area contributed by atoms with Crippen LogP contribution in [0.2, 0.25) is 0 Å². The van der Waals surface area contributed by atoms with Crippen molar-refractivity contribution in [1.82, 2.24) is 0 Å². The summed E-state index contributed by atoms with van der Waals surface area (Å²) >= 11 is 0. The van der Waals surface area contributed by atoms with Gasteiger partial charge in [0, 0.05) is 6.42 Å². The molecule has 0 aliphatic carbocycles. The van der Waals surface area contributed by atoms with Crippen LogP contribution in [-0.4, -0.2) is 19.2 Å². The summed E-state index contributed by atoms with van der Waals surface area (Å²) in [5.41, 5.74) is 0. The van der Waals surface area contributed by atoms with Crippen molar-refractivity contribution in [3.63, 3.8) is 0 Å². The summed E-state index contributed by atoms with van der Waals surface area (Å²) in [6, 6.07) is 0. The topological polar surface area (TPSA) is 46.2 Å². The highest BCUT2D eigenvalue weighted by Gasteiger charge is 2.00. The van der Waals surface area contributed by atoms with Crippen LogP contribution in [0.1, 0.15) is 77.6 Å². The molecule has 0 aromatic rings. The Kier molecular flexibility index (Phi) is 14.0. The molecule has 0 rings (SSSR count). The van der Waals surface area contributed by atoms with Crippen molar-refractivity contribution in [3.05, 3.63) is 0 Å². The number of hydrogen-bond acceptors (Lipinski definition) is 2. The van der Waals surface area contributed by atoms with Crippen molar-refractivity contribution in [2.75, 3.05) is 13.2 Å². The van der Waals surface area contributed by atoms with E-state index < -0.39 is 0 Å². The van der Waals surface area contributed by atoms with E-state index in [0.29, 0.717) is 13.0 Å². The van der Waals surface area contributed by atoms with Crippen LogP contribution in [0, 0.1) is 0 Å². The number of carbonyl (C=O) groups is 1. The lowest BCUT2D eigenvalue weighted by atomic mass is 10.1. The van der Waals surface area contributed by atoms with E-state index in [1.54, 1.807) is 0 Å². The van der Waals surface area contributed by atoms with Crippen LogP contribution < -0.4 is 0 Å². The average Bonchev–Trinajstić information content (AvgIpc) is 2.36. The van der Waals surface area contributed by atoms with Gasteiger partial charge in [0.25, 0.3) is 0 Å². The van der Waals surface area contributed by atoms with Gasteiger partial charge in [0.1, 0.15) is 0 Å². The molecule has 0 N–H and O–H groups in total. The Morgan fingerprint density at radius 1 is 0.778 bits per heavy atom. The molecule has 0 spiro atoms. The molecule has 18 heavy (non-hydrogen) atoms. The predicted molar refractivity (Wildman–Crippen MR) is 73.0 cm³/mol. The molecule has 0 amide bonds. The Labute approximate surface area is 112 Å². The van der Waals surface area contributed by atoms with Crippen molar-refractivity contribution in [2.24, 2.45) is 0 Å². The quantitative estimate of drug-likeness (QED) is 0.365. The summed E-state index contributed by atoms with van der Waals surface area (Å²) in [6.07, 6.45) is 12.2. The highest BCUT2D eigenvalue weighted by atomic mass is 16.5. The standard InChI is InChI=1S/C15H29O3/c1-2-18-15(17)13-11-9-7-5-3-4-6-8-10-12-14-16/h2-14H2,1H3. The van der Waals surface area contributed by atoms with Gasteiger partial charge in [0.05, 0.1) is 13.2 Å². The SMILES string of the molecule is CCOC(=O)CCCCCCCCCCCC[O]. The van der Waals surface area contributed by atoms with Gasteiger partial charge < -0.3 is 4.74 Å². The molecule has 107 valence electrons. The maximum Gasteiger partial charge on any atom is 0.305 e. The zero-order valence-electron chi connectivity index (χ0n) is 11.9. The first-order chi connectivity index (χ1) is 8.81. The maximum atomic E-state index is 11.1. The van der Waals surface area contributed by atoms with Gasteiger partial charge in [0.2, 0.25) is 0 Å². The molecule has 3 nitrogen and oxygen atoms in total. The second-order valence-electron chi connectivity index (χ2n) is 4.79. The fourth-order valence-corrected chi connectivity index (χ4v) is 2.02. The van der Waals surface area contributed by atoms with Crippen LogP contribution in [0.5, 0.6) is 0 Å². The van der Waals surface area contributed by atoms with Crippen molar-refractivity contribution >= 4 is 5.97 Å². The molecule has 0 aliphatic rings. The number of esters is 1. The summed E-state index contributed by atoms with van der Waals surface area (Å²) < 4.78 is 4.87. The number of ether oxygens (including phenoxy) is 1. The first-order valence-corrected chi connectivity index (χ1v) is 7.55. The number of unbranched alkanes of at least 4 members (excludes halogenated alkanes) is 9. The van der Waals surface area contributed by atoms with Crippen LogP contribution in [-0.2, 0) is 14.6 Å². The van der Waals surface area contributed by atoms with Gasteiger partial charge in [0.15, 0.2) is 0 Å². The van der Waals surface area contributed by atoms with E-state index in [1.807, 2.05) is 6.92 Å². The second-order valence-corrected chi connectivity index (χ2v) is 4.79. The van der Waals surface area contributed by atoms with Crippen LogP contribution in [0.25, 0.3) is 0 Å². The second kappa shape index (κ2) is 14.5. The van der Waals surface area contributed by atoms with Crippen LogP contribution in [0.4, 0.5) is 0 Å². The summed E-state index contributed by atoms with van der Waals surface area (Å²) in [7, 11) is 0. The van der Waals surface area contributed by atoms with E-state index in [1.165, 1.54) is 38.5 Å². The summed E-state index contributed by atoms with van der Waals surface area (Å²) in [5.74, 6) is -0.0594. The van der Waals surface area contributed by atoms with E-state index in [4.69, 9.17) is 4.74 Å². The monoisotopic (exact) mass is 257 g/mol. The van der Waals surface area contributed by atoms with E-state index in [2.05, 4.69) is 0 Å². The molecule has 0 bridgehead atoms. The summed E-state index contributed by atoms with van der Waals surface area (Å²) in [6.45, 7) is 2.42. The third-order valence-corrected chi connectivity index (χ3v) is 3.08. The Balaban J connectivity index is 3.01. The van der Waals surface area contributed by atoms with Crippen LogP contribution in [0.3, 0.4) is 0 Å². The minimum atomic E-state index is -0.0594. The van der Waals surface area contributed by atoms with Crippen molar-refractivity contribution in [3.8, 4) is 0 Å². The Morgan fingerprint density at radius 2 is 1.22 bits per heavy atom. The summed E-state index contributed by atoms with van der Waals surface area (Å²) in [5, 5.41) is 10.2. The molecular weight excluding hydrogens is 228 g/mol. The smallest absolute Gasteiger partial charge is 0.305 e. The third kappa shape index (κ3) is 13.5. The maximum absolute atomic E-state index is 11.1. The molecule has 1 radical (unpaired) electrons. The van der Waals surface area contributed by atoms with Gasteiger partial charge in [-0.25, -0.2) is 5.11 Å². The van der Waals surface area contributed by atoms with E-state index in [9.17, 15) is 9.90 Å². The van der Waals surface area contributed by atoms with Crippen molar-refractivity contribution in [2.45, 2.75) is 77.6 Å². The highest BCUT2D eigenvalue weighted by molar-refractivity contribution is 5.69. The largest absolute Gasteiger partial charge is 0.466 e. The molecule has 0 aromatic carbocycles. The van der Waals surface area contributed by atoms with Gasteiger partial charge in [-0.15, -0.1) is 0 Å². The first-order valence-electron chi connectivity index (χ1n) is 7.55. The fourth-order valence-electron chi connectivity index (χ4n) is 2.02. The van der Waals surface area contributed by atoms with E-state index in [0.717, 1.165) is 25.7 Å². The number of carbonyl (C=O) groups excluding carboxylic acids is 1. The highest BCUT2D eigenvalue weighted by Crippen LogP contribution is 2.11.